The van der Waals surface area contributed by atoms with E-state index in [0.29, 0.717) is 0 Å². The first-order chi connectivity index (χ1) is 13.4. The fraction of sp³-hybridized carbons (Fsp3) is 0.600. The number of nitrogens with one attached hydrogen (secondary N) is 1. The van der Waals surface area contributed by atoms with Crippen LogP contribution >= 0.6 is 23.5 Å². The third kappa shape index (κ3) is 6.24. The molecule has 6 atom stereocenters. The Morgan fingerprint density at radius 2 is 1.77 bits per heavy atom. The Bertz CT molecular complexity index is 1040. The van der Waals surface area contributed by atoms with Crippen molar-refractivity contribution >= 4 is 23.5 Å². The second-order valence-corrected chi connectivity index (χ2v) is 10.5. The lowest BCUT2D eigenvalue weighted by Crippen LogP contribution is -2.46. The molecule has 0 spiro atoms. The van der Waals surface area contributed by atoms with Gasteiger partial charge in [-0.15, -0.1) is 0 Å². The maximum absolute atomic E-state index is 11.9. The van der Waals surface area contributed by atoms with Crippen molar-refractivity contribution < 1.29 is 61.4 Å². The van der Waals surface area contributed by atoms with Crippen LogP contribution in [0.3, 0.4) is 0 Å². The number of aromatic nitrogens is 2. The summed E-state index contributed by atoms with van der Waals surface area (Å²) in [7, 11) is -16.8. The number of rotatable bonds is 8. The zero-order valence-electron chi connectivity index (χ0n) is 14.7. The molecule has 1 aliphatic heterocycles. The van der Waals surface area contributed by atoms with E-state index >= 15 is 0 Å². The fourth-order valence-corrected chi connectivity index (χ4v) is 5.49. The molecule has 0 radical (unpaired) electrons. The first-order valence-corrected chi connectivity index (χ1v) is 12.1. The Balaban J connectivity index is 2.13. The Hall–Kier alpha value is -1.03. The van der Waals surface area contributed by atoms with E-state index in [4.69, 9.17) is 19.4 Å². The Morgan fingerprint density at radius 3 is 2.30 bits per heavy atom. The number of ether oxygens (including phenoxy) is 1. The highest BCUT2D eigenvalue weighted by molar-refractivity contribution is 7.66. The largest absolute Gasteiger partial charge is 0.490 e. The average Bonchev–Trinajstić information content (AvgIpc) is 2.73. The van der Waals surface area contributed by atoms with Crippen LogP contribution in [0.15, 0.2) is 21.9 Å². The number of phosphoric ester groups is 1. The van der Waals surface area contributed by atoms with Crippen LogP contribution in [0.1, 0.15) is 13.2 Å². The molecule has 1 fully saturated rings. The zero-order valence-corrected chi connectivity index (χ0v) is 17.4. The molecule has 1 aromatic heterocycles. The molecule has 2 rings (SSSR count). The summed E-state index contributed by atoms with van der Waals surface area (Å²) in [6, 6.07) is 0.923. The number of hydrogen-bond donors (Lipinski definition) is 7. The molecule has 172 valence electrons. The predicted molar refractivity (Wildman–Crippen MR) is 91.7 cm³/mol. The van der Waals surface area contributed by atoms with Gasteiger partial charge >= 0.3 is 29.2 Å². The quantitative estimate of drug-likeness (QED) is 0.189. The van der Waals surface area contributed by atoms with E-state index in [1.807, 2.05) is 4.98 Å². The van der Waals surface area contributed by atoms with Crippen molar-refractivity contribution in [2.75, 3.05) is 6.61 Å². The van der Waals surface area contributed by atoms with Gasteiger partial charge in [0.15, 0.2) is 6.23 Å². The second kappa shape index (κ2) is 8.48. The summed E-state index contributed by atoms with van der Waals surface area (Å²) in [6.45, 7) is -0.0136. The molecule has 1 aromatic rings. The standard InChI is InChI=1S/C10H17N2O15P3/c1-10(16)7(14)5(25-8(10)12-3-2-6(13)11-9(12)15)4-24-29(20,21)27-30(22,23)26-28(17,18)19/h2-3,5,7-8,14,16H,4H2,1H3,(H,20,21)(H,22,23)(H,11,13,15)(H2,17,18,19)/t5-,7+,8-,10?/m1/s1. The number of aliphatic hydroxyl groups is 2. The Kier molecular flexibility index (Phi) is 7.14. The minimum absolute atomic E-state index is 0.718. The van der Waals surface area contributed by atoms with Crippen molar-refractivity contribution in [3.8, 4) is 0 Å². The summed E-state index contributed by atoms with van der Waals surface area (Å²) >= 11 is 0. The van der Waals surface area contributed by atoms with Crippen molar-refractivity contribution in [1.29, 1.82) is 0 Å². The maximum atomic E-state index is 11.9. The lowest BCUT2D eigenvalue weighted by molar-refractivity contribution is -0.0986. The van der Waals surface area contributed by atoms with Crippen LogP contribution < -0.4 is 11.2 Å². The van der Waals surface area contributed by atoms with Gasteiger partial charge in [0.25, 0.3) is 5.56 Å². The third-order valence-corrected chi connectivity index (χ3v) is 7.48. The Labute approximate surface area is 165 Å². The van der Waals surface area contributed by atoms with Gasteiger partial charge in [-0.3, -0.25) is 18.9 Å². The molecule has 0 aliphatic carbocycles. The number of hydrogen-bond acceptors (Lipinski definition) is 11. The van der Waals surface area contributed by atoms with E-state index in [9.17, 15) is 38.4 Å². The minimum Gasteiger partial charge on any atom is -0.387 e. The first-order valence-electron chi connectivity index (χ1n) is 7.59. The van der Waals surface area contributed by atoms with Crippen LogP contribution in [-0.4, -0.2) is 63.8 Å². The fourth-order valence-electron chi connectivity index (χ4n) is 2.46. The van der Waals surface area contributed by atoms with Crippen LogP contribution in [-0.2, 0) is 31.6 Å². The first kappa shape index (κ1) is 25.2. The van der Waals surface area contributed by atoms with Gasteiger partial charge in [-0.25, -0.2) is 18.5 Å². The highest BCUT2D eigenvalue weighted by Crippen LogP contribution is 2.66. The molecule has 3 unspecified atom stereocenters. The van der Waals surface area contributed by atoms with Gasteiger partial charge in [-0.1, -0.05) is 0 Å². The summed E-state index contributed by atoms with van der Waals surface area (Å²) < 4.78 is 50.9. The average molecular weight is 498 g/mol. The third-order valence-electron chi connectivity index (χ3n) is 3.68. The monoisotopic (exact) mass is 498 g/mol. The second-order valence-electron chi connectivity index (χ2n) is 6.10. The van der Waals surface area contributed by atoms with E-state index in [0.717, 1.165) is 23.8 Å². The molecule has 17 nitrogen and oxygen atoms in total. The summed E-state index contributed by atoms with van der Waals surface area (Å²) in [6.07, 6.45) is -4.08. The number of aliphatic hydroxyl groups excluding tert-OH is 1. The van der Waals surface area contributed by atoms with E-state index < -0.39 is 65.4 Å². The molecule has 0 saturated carbocycles. The number of H-pyrrole nitrogens is 1. The van der Waals surface area contributed by atoms with Crippen LogP contribution in [0.25, 0.3) is 0 Å². The van der Waals surface area contributed by atoms with Crippen molar-refractivity contribution in [2.24, 2.45) is 0 Å². The Morgan fingerprint density at radius 1 is 1.17 bits per heavy atom. The SMILES string of the molecule is CC1(O)[C@@H](O)[C@@H](COP(=O)(O)OP(=O)(O)OP(=O)(O)O)O[C@H]1n1ccc(=O)[nH]c1=O. The van der Waals surface area contributed by atoms with Crippen molar-refractivity contribution in [2.45, 2.75) is 31.0 Å². The van der Waals surface area contributed by atoms with Gasteiger partial charge in [-0.2, -0.15) is 8.62 Å². The zero-order chi connectivity index (χ0) is 23.1. The van der Waals surface area contributed by atoms with Gasteiger partial charge in [0.05, 0.1) is 6.61 Å². The maximum Gasteiger partial charge on any atom is 0.490 e. The van der Waals surface area contributed by atoms with Crippen LogP contribution in [0.5, 0.6) is 0 Å². The smallest absolute Gasteiger partial charge is 0.387 e. The summed E-state index contributed by atoms with van der Waals surface area (Å²) in [4.78, 5) is 60.3. The highest BCUT2D eigenvalue weighted by Gasteiger charge is 2.54. The molecular weight excluding hydrogens is 481 g/mol. The lowest BCUT2D eigenvalue weighted by Gasteiger charge is -2.27. The highest BCUT2D eigenvalue weighted by atomic mass is 31.3. The number of aromatic amines is 1. The topological polar surface area (TPSA) is 264 Å². The normalized spacial score (nSPS) is 31.2. The van der Waals surface area contributed by atoms with Gasteiger partial charge in [0.1, 0.15) is 17.8 Å². The molecule has 7 N–H and O–H groups in total. The van der Waals surface area contributed by atoms with E-state index in [2.05, 4.69) is 13.1 Å². The van der Waals surface area contributed by atoms with Gasteiger partial charge in [0, 0.05) is 12.3 Å². The predicted octanol–water partition coefficient (Wildman–Crippen LogP) is -2.11. The van der Waals surface area contributed by atoms with E-state index in [1.165, 1.54) is 0 Å². The van der Waals surface area contributed by atoms with Crippen LogP contribution in [0.4, 0.5) is 0 Å². The van der Waals surface area contributed by atoms with Crippen molar-refractivity contribution in [3.63, 3.8) is 0 Å². The van der Waals surface area contributed by atoms with E-state index in [1.54, 1.807) is 0 Å². The summed E-state index contributed by atoms with van der Waals surface area (Å²) in [5, 5.41) is 20.6. The molecule has 30 heavy (non-hydrogen) atoms. The molecule has 0 bridgehead atoms. The molecule has 1 saturated heterocycles. The van der Waals surface area contributed by atoms with Crippen molar-refractivity contribution in [1.82, 2.24) is 9.55 Å². The molecule has 20 heteroatoms. The molecule has 0 aromatic carbocycles. The lowest BCUT2D eigenvalue weighted by atomic mass is 9.96. The van der Waals surface area contributed by atoms with Gasteiger partial charge in [-0.05, 0) is 6.92 Å². The molecule has 1 aliphatic rings. The summed E-state index contributed by atoms with van der Waals surface area (Å²) in [5.74, 6) is 0. The van der Waals surface area contributed by atoms with E-state index in [-0.39, 0.29) is 0 Å². The molecular formula is C10H17N2O15P3. The molecule has 2 heterocycles. The summed E-state index contributed by atoms with van der Waals surface area (Å²) in [5.41, 5.74) is -3.93. The minimum atomic E-state index is -5.74. The number of phosphoric acid groups is 3. The van der Waals surface area contributed by atoms with Gasteiger partial charge < -0.3 is 34.5 Å². The van der Waals surface area contributed by atoms with Crippen molar-refractivity contribution in [3.05, 3.63) is 33.1 Å². The van der Waals surface area contributed by atoms with Crippen LogP contribution in [0.2, 0.25) is 0 Å². The number of nitrogens with zero attached hydrogens (tertiary/aromatic N) is 1. The van der Waals surface area contributed by atoms with Crippen LogP contribution in [0, 0.1) is 0 Å². The van der Waals surface area contributed by atoms with Gasteiger partial charge in [0.2, 0.25) is 0 Å². The molecule has 0 amide bonds.